The van der Waals surface area contributed by atoms with E-state index in [4.69, 9.17) is 23.2 Å². The van der Waals surface area contributed by atoms with E-state index in [0.29, 0.717) is 16.5 Å². The van der Waals surface area contributed by atoms with Gasteiger partial charge in [0.05, 0.1) is 7.11 Å². The van der Waals surface area contributed by atoms with Crippen LogP contribution in [0.4, 0.5) is 0 Å². The highest BCUT2D eigenvalue weighted by molar-refractivity contribution is 6.35. The monoisotopic (exact) mass is 425 g/mol. The molecule has 7 heteroatoms. The van der Waals surface area contributed by atoms with Crippen molar-refractivity contribution in [3.63, 3.8) is 0 Å². The van der Waals surface area contributed by atoms with Crippen LogP contribution < -0.4 is 5.73 Å². The zero-order valence-electron chi connectivity index (χ0n) is 16.0. The lowest BCUT2D eigenvalue weighted by Gasteiger charge is -2.06. The number of unbranched alkanes of at least 4 members (excludes halogenated alkanes) is 1. The Morgan fingerprint density at radius 3 is 2.00 bits per heavy atom. The molecule has 152 valence electrons. The summed E-state index contributed by atoms with van der Waals surface area (Å²) < 4.78 is 8.95. The minimum atomic E-state index is -0.433. The predicted molar refractivity (Wildman–Crippen MR) is 113 cm³/mol. The number of aryl methyl sites for hydroxylation is 1. The predicted octanol–water partition coefficient (Wildman–Crippen LogP) is 4.66. The Morgan fingerprint density at radius 2 is 1.54 bits per heavy atom. The number of benzene rings is 2. The molecule has 0 fully saturated rings. The van der Waals surface area contributed by atoms with Crippen LogP contribution in [0.1, 0.15) is 24.8 Å². The van der Waals surface area contributed by atoms with Crippen molar-refractivity contribution < 1.29 is 19.1 Å². The van der Waals surface area contributed by atoms with Crippen LogP contribution in [0, 0.1) is 0 Å². The highest BCUT2D eigenvalue weighted by Crippen LogP contribution is 2.27. The highest BCUT2D eigenvalue weighted by atomic mass is 35.5. The number of nitrogens with two attached hydrogens (primary N) is 1. The van der Waals surface area contributed by atoms with Gasteiger partial charge in [0.15, 0.2) is 0 Å². The van der Waals surface area contributed by atoms with E-state index in [1.54, 1.807) is 6.07 Å². The van der Waals surface area contributed by atoms with Crippen LogP contribution in [0.25, 0.3) is 11.1 Å². The number of amides is 1. The van der Waals surface area contributed by atoms with Gasteiger partial charge in [-0.25, -0.2) is 0 Å². The van der Waals surface area contributed by atoms with E-state index in [9.17, 15) is 9.59 Å². The Kier molecular flexibility index (Phi) is 11.3. The summed E-state index contributed by atoms with van der Waals surface area (Å²) in [4.78, 5) is 20.7. The fraction of sp³-hybridized carbons (Fsp3) is 0.333. The van der Waals surface area contributed by atoms with Crippen molar-refractivity contribution in [1.82, 2.24) is 0 Å². The van der Waals surface area contributed by atoms with E-state index in [1.807, 2.05) is 12.1 Å². The number of halogens is 2. The van der Waals surface area contributed by atoms with Gasteiger partial charge in [-0.2, -0.15) is 0 Å². The van der Waals surface area contributed by atoms with Gasteiger partial charge in [-0.1, -0.05) is 47.5 Å². The van der Waals surface area contributed by atoms with Gasteiger partial charge in [-0.3, -0.25) is 9.59 Å². The van der Waals surface area contributed by atoms with Gasteiger partial charge < -0.3 is 15.2 Å². The third-order valence-corrected chi connectivity index (χ3v) is 4.20. The van der Waals surface area contributed by atoms with E-state index >= 15 is 0 Å². The molecule has 0 saturated heterocycles. The van der Waals surface area contributed by atoms with Crippen molar-refractivity contribution in [1.29, 1.82) is 0 Å². The SMILES string of the molecule is COC(=O)CCCCc1ccc(-c2cc(Cl)cc(Cl)c2)cc1.COCC(N)=O. The van der Waals surface area contributed by atoms with Crippen molar-refractivity contribution in [2.45, 2.75) is 25.7 Å². The van der Waals surface area contributed by atoms with Crippen molar-refractivity contribution in [2.24, 2.45) is 5.73 Å². The summed E-state index contributed by atoms with van der Waals surface area (Å²) in [5.74, 6) is -0.578. The van der Waals surface area contributed by atoms with E-state index in [-0.39, 0.29) is 12.6 Å². The van der Waals surface area contributed by atoms with Gasteiger partial charge >= 0.3 is 5.97 Å². The molecule has 0 atom stereocenters. The first-order chi connectivity index (χ1) is 13.3. The number of carbonyl (C=O) groups excluding carboxylic acids is 2. The molecule has 0 saturated carbocycles. The molecule has 2 aromatic carbocycles. The second-order valence-corrected chi connectivity index (χ2v) is 6.91. The third kappa shape index (κ3) is 9.74. The van der Waals surface area contributed by atoms with Gasteiger partial charge in [0.2, 0.25) is 5.91 Å². The fourth-order valence-electron chi connectivity index (χ4n) is 2.43. The molecule has 0 unspecified atom stereocenters. The van der Waals surface area contributed by atoms with Crippen LogP contribution >= 0.6 is 23.2 Å². The zero-order valence-corrected chi connectivity index (χ0v) is 17.6. The lowest BCUT2D eigenvalue weighted by molar-refractivity contribution is -0.140. The maximum absolute atomic E-state index is 11.0. The van der Waals surface area contributed by atoms with Gasteiger partial charge in [-0.15, -0.1) is 0 Å². The lowest BCUT2D eigenvalue weighted by atomic mass is 10.0. The minimum Gasteiger partial charge on any atom is -0.469 e. The Labute approximate surface area is 175 Å². The summed E-state index contributed by atoms with van der Waals surface area (Å²) >= 11 is 12.1. The second kappa shape index (κ2) is 13.2. The zero-order chi connectivity index (χ0) is 20.9. The first kappa shape index (κ1) is 24.0. The molecule has 0 spiro atoms. The highest BCUT2D eigenvalue weighted by Gasteiger charge is 2.03. The smallest absolute Gasteiger partial charge is 0.305 e. The Bertz CT molecular complexity index is 743. The molecule has 0 heterocycles. The molecule has 28 heavy (non-hydrogen) atoms. The third-order valence-electron chi connectivity index (χ3n) is 3.76. The summed E-state index contributed by atoms with van der Waals surface area (Å²) in [6.45, 7) is 0.0139. The van der Waals surface area contributed by atoms with Crippen LogP contribution in [-0.4, -0.2) is 32.7 Å². The molecule has 0 aliphatic rings. The minimum absolute atomic E-state index is 0.0139. The van der Waals surface area contributed by atoms with Crippen LogP contribution in [0.5, 0.6) is 0 Å². The van der Waals surface area contributed by atoms with Crippen LogP contribution in [-0.2, 0) is 25.5 Å². The number of rotatable bonds is 8. The molecule has 0 bridgehead atoms. The number of methoxy groups -OCH3 is 2. The summed E-state index contributed by atoms with van der Waals surface area (Å²) in [6.07, 6.45) is 3.25. The number of primary amides is 1. The normalized spacial score (nSPS) is 10.0. The van der Waals surface area contributed by atoms with Gasteiger partial charge in [0.25, 0.3) is 0 Å². The van der Waals surface area contributed by atoms with Gasteiger partial charge in [0.1, 0.15) is 6.61 Å². The molecular formula is C21H25Cl2NO4. The standard InChI is InChI=1S/C18H18Cl2O2.C3H7NO2/c1-22-18(21)5-3-2-4-13-6-8-14(9-7-13)15-10-16(19)12-17(20)11-15;1-6-2-3(4)5/h6-12H,2-5H2,1H3;2H2,1H3,(H2,4,5). The van der Waals surface area contributed by atoms with Crippen molar-refractivity contribution >= 4 is 35.1 Å². The Balaban J connectivity index is 0.000000568. The average Bonchev–Trinajstić information content (AvgIpc) is 2.65. The summed E-state index contributed by atoms with van der Waals surface area (Å²) in [6, 6.07) is 13.9. The van der Waals surface area contributed by atoms with E-state index < -0.39 is 5.91 Å². The summed E-state index contributed by atoms with van der Waals surface area (Å²) in [7, 11) is 2.84. The first-order valence-electron chi connectivity index (χ1n) is 8.75. The van der Waals surface area contributed by atoms with Gasteiger partial charge in [0, 0.05) is 23.6 Å². The maximum atomic E-state index is 11.0. The van der Waals surface area contributed by atoms with Gasteiger partial charge in [-0.05, 0) is 54.2 Å². The first-order valence-corrected chi connectivity index (χ1v) is 9.50. The quantitative estimate of drug-likeness (QED) is 0.492. The van der Waals surface area contributed by atoms with Crippen molar-refractivity contribution in [3.05, 3.63) is 58.1 Å². The van der Waals surface area contributed by atoms with Crippen molar-refractivity contribution in [3.8, 4) is 11.1 Å². The fourth-order valence-corrected chi connectivity index (χ4v) is 2.95. The van der Waals surface area contributed by atoms with E-state index in [0.717, 1.165) is 30.4 Å². The molecule has 0 aliphatic carbocycles. The van der Waals surface area contributed by atoms with E-state index in [1.165, 1.54) is 19.8 Å². The number of hydrogen-bond donors (Lipinski definition) is 1. The van der Waals surface area contributed by atoms with Crippen LogP contribution in [0.3, 0.4) is 0 Å². The molecule has 2 aromatic rings. The number of esters is 1. The lowest BCUT2D eigenvalue weighted by Crippen LogP contribution is -2.16. The summed E-state index contributed by atoms with van der Waals surface area (Å²) in [5.41, 5.74) is 7.99. The topological polar surface area (TPSA) is 78.6 Å². The summed E-state index contributed by atoms with van der Waals surface area (Å²) in [5, 5.41) is 1.27. The molecule has 0 aliphatic heterocycles. The average molecular weight is 426 g/mol. The Morgan fingerprint density at radius 1 is 0.929 bits per heavy atom. The molecule has 0 radical (unpaired) electrons. The molecule has 2 N–H and O–H groups in total. The second-order valence-electron chi connectivity index (χ2n) is 6.04. The van der Waals surface area contributed by atoms with Crippen LogP contribution in [0.15, 0.2) is 42.5 Å². The molecule has 0 aromatic heterocycles. The number of carbonyl (C=O) groups is 2. The molecule has 2 rings (SSSR count). The largest absolute Gasteiger partial charge is 0.469 e. The molecule has 5 nitrogen and oxygen atoms in total. The number of ether oxygens (including phenoxy) is 2. The number of hydrogen-bond acceptors (Lipinski definition) is 4. The van der Waals surface area contributed by atoms with E-state index in [2.05, 4.69) is 39.5 Å². The van der Waals surface area contributed by atoms with Crippen LogP contribution in [0.2, 0.25) is 10.0 Å². The maximum Gasteiger partial charge on any atom is 0.305 e. The molecular weight excluding hydrogens is 401 g/mol. The Hall–Kier alpha value is -2.08. The van der Waals surface area contributed by atoms with Crippen molar-refractivity contribution in [2.75, 3.05) is 20.8 Å². The molecule has 1 amide bonds.